The fourth-order valence-corrected chi connectivity index (χ4v) is 3.36. The molecule has 0 fully saturated rings. The van der Waals surface area contributed by atoms with E-state index in [1.165, 1.54) is 5.56 Å². The molecule has 2 N–H and O–H groups in total. The maximum atomic E-state index is 4.74. The fourth-order valence-electron chi connectivity index (χ4n) is 3.36. The Hall–Kier alpha value is -3.40. The van der Waals surface area contributed by atoms with Crippen LogP contribution < -0.4 is 0 Å². The summed E-state index contributed by atoms with van der Waals surface area (Å²) < 4.78 is 0. The van der Waals surface area contributed by atoms with Crippen LogP contribution in [0.5, 0.6) is 0 Å². The summed E-state index contributed by atoms with van der Waals surface area (Å²) in [5.74, 6) is 0. The first-order chi connectivity index (χ1) is 12.7. The van der Waals surface area contributed by atoms with E-state index in [2.05, 4.69) is 72.4 Å². The second-order valence-corrected chi connectivity index (χ2v) is 6.70. The van der Waals surface area contributed by atoms with Crippen molar-refractivity contribution in [1.29, 1.82) is 0 Å². The topological polar surface area (TPSA) is 57.4 Å². The van der Waals surface area contributed by atoms with Gasteiger partial charge in [-0.15, -0.1) is 0 Å². The van der Waals surface area contributed by atoms with Gasteiger partial charge < -0.3 is 9.97 Å². The monoisotopic (exact) mass is 338 g/mol. The summed E-state index contributed by atoms with van der Waals surface area (Å²) in [5, 5.41) is 0. The molecule has 5 heterocycles. The van der Waals surface area contributed by atoms with E-state index < -0.39 is 0 Å². The van der Waals surface area contributed by atoms with Crippen LogP contribution >= 0.6 is 0 Å². The van der Waals surface area contributed by atoms with E-state index in [0.717, 1.165) is 50.4 Å². The molecule has 126 valence electrons. The minimum absolute atomic E-state index is 0.943. The van der Waals surface area contributed by atoms with Gasteiger partial charge in [-0.25, -0.2) is 9.97 Å². The van der Waals surface area contributed by atoms with E-state index in [1.807, 2.05) is 12.2 Å². The van der Waals surface area contributed by atoms with Gasteiger partial charge in [-0.2, -0.15) is 0 Å². The Morgan fingerprint density at radius 1 is 0.615 bits per heavy atom. The Labute approximate surface area is 151 Å². The van der Waals surface area contributed by atoms with Crippen LogP contribution in [0.4, 0.5) is 0 Å². The van der Waals surface area contributed by atoms with Crippen LogP contribution in [0.1, 0.15) is 33.9 Å². The highest BCUT2D eigenvalue weighted by atomic mass is 14.8. The highest BCUT2D eigenvalue weighted by molar-refractivity contribution is 5.80. The zero-order valence-corrected chi connectivity index (χ0v) is 14.7. The van der Waals surface area contributed by atoms with Crippen molar-refractivity contribution >= 4 is 46.4 Å². The SMILES string of the molecule is Cc1c2nc(cc3ccc([nH]3)c(C)c3ccc(cc4nc1C=C4)[nH]3)C=C2. The van der Waals surface area contributed by atoms with Gasteiger partial charge in [-0.3, -0.25) is 0 Å². The number of nitrogens with one attached hydrogen (secondary N) is 2. The molecule has 5 rings (SSSR count). The van der Waals surface area contributed by atoms with Crippen molar-refractivity contribution < 1.29 is 0 Å². The van der Waals surface area contributed by atoms with Gasteiger partial charge in [-0.05, 0) is 80.1 Å². The summed E-state index contributed by atoms with van der Waals surface area (Å²) >= 11 is 0. The van der Waals surface area contributed by atoms with Gasteiger partial charge in [-0.1, -0.05) is 0 Å². The molecule has 4 heteroatoms. The van der Waals surface area contributed by atoms with Crippen molar-refractivity contribution in [2.45, 2.75) is 13.8 Å². The first-order valence-electron chi connectivity index (χ1n) is 8.69. The zero-order chi connectivity index (χ0) is 17.7. The molecule has 3 aromatic rings. The molecule has 8 bridgehead atoms. The number of aromatic amines is 2. The van der Waals surface area contributed by atoms with Gasteiger partial charge in [0.15, 0.2) is 0 Å². The van der Waals surface area contributed by atoms with Crippen molar-refractivity contribution in [3.8, 4) is 0 Å². The molecule has 0 atom stereocenters. The molecule has 2 aliphatic heterocycles. The van der Waals surface area contributed by atoms with E-state index in [9.17, 15) is 0 Å². The Bertz CT molecular complexity index is 1160. The Morgan fingerprint density at radius 2 is 1.12 bits per heavy atom. The molecule has 0 saturated carbocycles. The molecule has 0 aromatic carbocycles. The second-order valence-electron chi connectivity index (χ2n) is 6.70. The summed E-state index contributed by atoms with van der Waals surface area (Å²) in [6.45, 7) is 4.18. The number of nitrogens with zero attached hydrogens (tertiary/aromatic N) is 2. The lowest BCUT2D eigenvalue weighted by molar-refractivity contribution is 1.21. The molecule has 0 amide bonds. The van der Waals surface area contributed by atoms with Crippen molar-refractivity contribution in [3.63, 3.8) is 0 Å². The maximum absolute atomic E-state index is 4.74. The number of hydrogen-bond acceptors (Lipinski definition) is 2. The summed E-state index contributed by atoms with van der Waals surface area (Å²) in [6, 6.07) is 12.5. The van der Waals surface area contributed by atoms with E-state index >= 15 is 0 Å². The van der Waals surface area contributed by atoms with Crippen LogP contribution in [0.25, 0.3) is 46.4 Å². The molecular formula is C22H18N4. The van der Waals surface area contributed by atoms with E-state index in [-0.39, 0.29) is 0 Å². The largest absolute Gasteiger partial charge is 0.355 e. The molecule has 0 spiro atoms. The zero-order valence-electron chi connectivity index (χ0n) is 14.7. The smallest absolute Gasteiger partial charge is 0.0688 e. The molecule has 2 aliphatic rings. The van der Waals surface area contributed by atoms with Crippen molar-refractivity contribution in [3.05, 3.63) is 70.3 Å². The molecule has 0 unspecified atom stereocenters. The minimum Gasteiger partial charge on any atom is -0.355 e. The average Bonchev–Trinajstić information content (AvgIpc) is 3.41. The lowest BCUT2D eigenvalue weighted by atomic mass is 10.2. The van der Waals surface area contributed by atoms with Crippen LogP contribution in [0.2, 0.25) is 0 Å². The van der Waals surface area contributed by atoms with E-state index in [4.69, 9.17) is 9.97 Å². The fraction of sp³-hybridized carbons (Fsp3) is 0.0909. The molecule has 0 aliphatic carbocycles. The van der Waals surface area contributed by atoms with Crippen LogP contribution in [0.3, 0.4) is 0 Å². The quantitative estimate of drug-likeness (QED) is 0.404. The molecular weight excluding hydrogens is 320 g/mol. The Morgan fingerprint density at radius 3 is 1.62 bits per heavy atom. The minimum atomic E-state index is 0.943. The molecule has 4 nitrogen and oxygen atoms in total. The predicted octanol–water partition coefficient (Wildman–Crippen LogP) is 5.27. The average molecular weight is 338 g/mol. The number of aryl methyl sites for hydroxylation is 1. The Kier molecular flexibility index (Phi) is 3.19. The number of fused-ring (bicyclic) bond motifs is 8. The van der Waals surface area contributed by atoms with Crippen LogP contribution in [0, 0.1) is 13.8 Å². The highest BCUT2D eigenvalue weighted by Gasteiger charge is 2.08. The summed E-state index contributed by atoms with van der Waals surface area (Å²) in [6.07, 6.45) is 8.19. The van der Waals surface area contributed by atoms with Gasteiger partial charge in [0.25, 0.3) is 0 Å². The lowest BCUT2D eigenvalue weighted by Gasteiger charge is -1.94. The first-order valence-corrected chi connectivity index (χ1v) is 8.69. The van der Waals surface area contributed by atoms with E-state index in [0.29, 0.717) is 0 Å². The molecule has 0 saturated heterocycles. The van der Waals surface area contributed by atoms with Gasteiger partial charge in [0, 0.05) is 27.6 Å². The second kappa shape index (κ2) is 5.56. The number of hydrogen-bond donors (Lipinski definition) is 2. The van der Waals surface area contributed by atoms with E-state index in [1.54, 1.807) is 0 Å². The standard InChI is InChI=1S/C22H18N4/c1-13-19-7-3-15(23-19)11-17-5-9-21(25-17)14(2)22-10-6-18(26-22)12-16-4-8-20(13)24-16/h3-12,23-24H,1-2H3. The number of rotatable bonds is 0. The number of aromatic nitrogens is 4. The first kappa shape index (κ1) is 14.9. The summed E-state index contributed by atoms with van der Waals surface area (Å²) in [5.41, 5.74) is 10.3. The molecule has 26 heavy (non-hydrogen) atoms. The van der Waals surface area contributed by atoms with Crippen LogP contribution in [-0.2, 0) is 0 Å². The third-order valence-electron chi connectivity index (χ3n) is 4.92. The van der Waals surface area contributed by atoms with Gasteiger partial charge >= 0.3 is 0 Å². The van der Waals surface area contributed by atoms with Gasteiger partial charge in [0.2, 0.25) is 0 Å². The number of H-pyrrole nitrogens is 2. The molecule has 3 aromatic heterocycles. The van der Waals surface area contributed by atoms with Crippen molar-refractivity contribution in [2.75, 3.05) is 0 Å². The highest BCUT2D eigenvalue weighted by Crippen LogP contribution is 2.22. The summed E-state index contributed by atoms with van der Waals surface area (Å²) in [7, 11) is 0. The Balaban J connectivity index is 1.91. The van der Waals surface area contributed by atoms with Crippen molar-refractivity contribution in [1.82, 2.24) is 19.9 Å². The maximum Gasteiger partial charge on any atom is 0.0688 e. The third kappa shape index (κ3) is 2.47. The summed E-state index contributed by atoms with van der Waals surface area (Å²) in [4.78, 5) is 16.4. The lowest BCUT2D eigenvalue weighted by Crippen LogP contribution is -1.85. The molecule has 0 radical (unpaired) electrons. The third-order valence-corrected chi connectivity index (χ3v) is 4.92. The van der Waals surface area contributed by atoms with Gasteiger partial charge in [0.1, 0.15) is 0 Å². The van der Waals surface area contributed by atoms with Gasteiger partial charge in [0.05, 0.1) is 22.8 Å². The predicted molar refractivity (Wildman–Crippen MR) is 108 cm³/mol. The van der Waals surface area contributed by atoms with Crippen LogP contribution in [-0.4, -0.2) is 19.9 Å². The normalized spacial score (nSPS) is 12.7. The van der Waals surface area contributed by atoms with Crippen LogP contribution in [0.15, 0.2) is 36.4 Å². The van der Waals surface area contributed by atoms with Crippen molar-refractivity contribution in [2.24, 2.45) is 0 Å².